The number of amides is 1. The van der Waals surface area contributed by atoms with Gasteiger partial charge in [0.2, 0.25) is 6.79 Å². The maximum Gasteiger partial charge on any atom is 0.252 e. The number of terminal acetylenes is 1. The number of aromatic nitrogens is 1. The average molecular weight is 378 g/mol. The van der Waals surface area contributed by atoms with Crippen LogP contribution in [0.2, 0.25) is 0 Å². The van der Waals surface area contributed by atoms with Crippen molar-refractivity contribution in [3.8, 4) is 23.8 Å². The molecular formula is C21H18N2O3S. The highest BCUT2D eigenvalue weighted by Gasteiger charge is 2.15. The second-order valence-electron chi connectivity index (χ2n) is 6.20. The zero-order valence-corrected chi connectivity index (χ0v) is 15.7. The Balaban J connectivity index is 1.67. The summed E-state index contributed by atoms with van der Waals surface area (Å²) < 4.78 is 13.7. The van der Waals surface area contributed by atoms with Crippen molar-refractivity contribution < 1.29 is 14.3 Å². The second-order valence-corrected chi connectivity index (χ2v) is 7.21. The van der Waals surface area contributed by atoms with Crippen LogP contribution in [-0.4, -0.2) is 17.3 Å². The molecule has 2 aromatic carbocycles. The Hall–Kier alpha value is -3.04. The van der Waals surface area contributed by atoms with E-state index >= 15 is 0 Å². The minimum absolute atomic E-state index is 0.196. The Morgan fingerprint density at radius 3 is 2.85 bits per heavy atom. The fourth-order valence-corrected chi connectivity index (χ4v) is 4.15. The van der Waals surface area contributed by atoms with Gasteiger partial charge in [0, 0.05) is 0 Å². The first kappa shape index (κ1) is 17.4. The largest absolute Gasteiger partial charge is 0.454 e. The van der Waals surface area contributed by atoms with E-state index in [0.29, 0.717) is 22.8 Å². The molecule has 1 amide bonds. The average Bonchev–Trinajstić information content (AvgIpc) is 3.26. The third kappa shape index (κ3) is 3.46. The predicted octanol–water partition coefficient (Wildman–Crippen LogP) is 3.30. The van der Waals surface area contributed by atoms with E-state index in [9.17, 15) is 4.79 Å². The van der Waals surface area contributed by atoms with Gasteiger partial charge in [-0.05, 0) is 41.8 Å². The van der Waals surface area contributed by atoms with Crippen molar-refractivity contribution in [2.75, 3.05) is 6.79 Å². The van der Waals surface area contributed by atoms with Crippen molar-refractivity contribution in [1.29, 1.82) is 0 Å². The maximum absolute atomic E-state index is 12.5. The van der Waals surface area contributed by atoms with Crippen LogP contribution in [0.15, 0.2) is 41.4 Å². The minimum Gasteiger partial charge on any atom is -0.454 e. The molecule has 1 aliphatic rings. The number of ether oxygens (including phenoxy) is 2. The summed E-state index contributed by atoms with van der Waals surface area (Å²) in [6.07, 6.45) is 6.68. The highest BCUT2D eigenvalue weighted by molar-refractivity contribution is 7.16. The van der Waals surface area contributed by atoms with Crippen LogP contribution in [0.25, 0.3) is 10.2 Å². The molecule has 6 heteroatoms. The van der Waals surface area contributed by atoms with Gasteiger partial charge in [-0.25, -0.2) is 0 Å². The van der Waals surface area contributed by atoms with Crippen molar-refractivity contribution in [1.82, 2.24) is 4.57 Å². The molecule has 3 aromatic rings. The topological polar surface area (TPSA) is 52.8 Å². The van der Waals surface area contributed by atoms with Gasteiger partial charge in [-0.1, -0.05) is 36.3 Å². The van der Waals surface area contributed by atoms with Crippen LogP contribution < -0.4 is 14.3 Å². The number of benzene rings is 2. The van der Waals surface area contributed by atoms with E-state index in [0.717, 1.165) is 22.2 Å². The van der Waals surface area contributed by atoms with E-state index in [2.05, 4.69) is 30.0 Å². The molecule has 5 nitrogen and oxygen atoms in total. The van der Waals surface area contributed by atoms with Crippen molar-refractivity contribution in [2.24, 2.45) is 4.99 Å². The zero-order chi connectivity index (χ0) is 18.8. The molecule has 0 atom stereocenters. The van der Waals surface area contributed by atoms with Crippen molar-refractivity contribution in [2.45, 2.75) is 26.3 Å². The van der Waals surface area contributed by atoms with Gasteiger partial charge in [0.1, 0.15) is 0 Å². The molecule has 1 aromatic heterocycles. The summed E-state index contributed by atoms with van der Waals surface area (Å²) in [6, 6.07) is 11.8. The normalized spacial score (nSPS) is 13.1. The van der Waals surface area contributed by atoms with Gasteiger partial charge in [-0.2, -0.15) is 4.99 Å². The lowest BCUT2D eigenvalue weighted by atomic mass is 10.1. The highest BCUT2D eigenvalue weighted by atomic mass is 32.1. The molecule has 0 bridgehead atoms. The number of carbonyl (C=O) groups excluding carboxylic acids is 1. The van der Waals surface area contributed by atoms with Crippen LogP contribution in [-0.2, 0) is 24.2 Å². The number of carbonyl (C=O) groups is 1. The van der Waals surface area contributed by atoms with Crippen LogP contribution in [0.4, 0.5) is 0 Å². The number of aryl methyl sites for hydroxylation is 1. The first-order chi connectivity index (χ1) is 13.2. The van der Waals surface area contributed by atoms with Gasteiger partial charge in [-0.15, -0.1) is 6.42 Å². The molecule has 0 aliphatic carbocycles. The third-order valence-electron chi connectivity index (χ3n) is 4.42. The number of thiazole rings is 1. The first-order valence-corrected chi connectivity index (χ1v) is 9.51. The summed E-state index contributed by atoms with van der Waals surface area (Å²) in [4.78, 5) is 17.5. The Labute approximate surface area is 160 Å². The standard InChI is InChI=1S/C21H18N2O3S/c1-3-9-23-16-7-5-14(4-2)11-19(16)27-21(23)22-20(24)12-15-6-8-17-18(10-15)26-13-25-17/h1,5-8,10-11H,4,9,12-13H2,2H3. The molecular weight excluding hydrogens is 360 g/mol. The Morgan fingerprint density at radius 1 is 1.22 bits per heavy atom. The van der Waals surface area contributed by atoms with Crippen molar-refractivity contribution >= 4 is 27.5 Å². The molecule has 0 saturated carbocycles. The molecule has 0 fully saturated rings. The summed E-state index contributed by atoms with van der Waals surface area (Å²) in [7, 11) is 0. The van der Waals surface area contributed by atoms with Crippen LogP contribution >= 0.6 is 11.3 Å². The molecule has 136 valence electrons. The molecule has 0 N–H and O–H groups in total. The molecule has 1 aliphatic heterocycles. The van der Waals surface area contributed by atoms with Crippen LogP contribution in [0.5, 0.6) is 11.5 Å². The fourth-order valence-electron chi connectivity index (χ4n) is 3.04. The predicted molar refractivity (Wildman–Crippen MR) is 105 cm³/mol. The SMILES string of the molecule is C#CCn1c(=NC(=O)Cc2ccc3c(c2)OCO3)sc2cc(CC)ccc21. The summed E-state index contributed by atoms with van der Waals surface area (Å²) in [5.41, 5.74) is 3.09. The van der Waals surface area contributed by atoms with Crippen LogP contribution in [0.3, 0.4) is 0 Å². The quantitative estimate of drug-likeness (QED) is 0.655. The summed E-state index contributed by atoms with van der Waals surface area (Å²) in [6.45, 7) is 2.71. The monoisotopic (exact) mass is 378 g/mol. The lowest BCUT2D eigenvalue weighted by Crippen LogP contribution is -2.17. The van der Waals surface area contributed by atoms with Crippen molar-refractivity contribution in [3.05, 3.63) is 52.3 Å². The van der Waals surface area contributed by atoms with E-state index in [-0.39, 0.29) is 19.1 Å². The summed E-state index contributed by atoms with van der Waals surface area (Å²) in [5.74, 6) is 3.79. The smallest absolute Gasteiger partial charge is 0.252 e. The van der Waals surface area contributed by atoms with Crippen LogP contribution in [0, 0.1) is 12.3 Å². The molecule has 0 radical (unpaired) electrons. The third-order valence-corrected chi connectivity index (χ3v) is 5.46. The van der Waals surface area contributed by atoms with Gasteiger partial charge in [0.05, 0.1) is 23.2 Å². The van der Waals surface area contributed by atoms with E-state index in [1.54, 1.807) is 0 Å². The van der Waals surface area contributed by atoms with Gasteiger partial charge < -0.3 is 14.0 Å². The molecule has 4 rings (SSSR count). The maximum atomic E-state index is 12.5. The number of rotatable bonds is 4. The number of hydrogen-bond donors (Lipinski definition) is 0. The van der Waals surface area contributed by atoms with E-state index in [1.165, 1.54) is 16.9 Å². The number of nitrogens with zero attached hydrogens (tertiary/aromatic N) is 2. The second kappa shape index (κ2) is 7.29. The minimum atomic E-state index is -0.220. The molecule has 0 unspecified atom stereocenters. The van der Waals surface area contributed by atoms with E-state index < -0.39 is 0 Å². The van der Waals surface area contributed by atoms with Crippen LogP contribution in [0.1, 0.15) is 18.1 Å². The van der Waals surface area contributed by atoms with E-state index in [1.807, 2.05) is 28.8 Å². The molecule has 0 saturated heterocycles. The Morgan fingerprint density at radius 2 is 2.04 bits per heavy atom. The Kier molecular flexibility index (Phi) is 4.69. The molecule has 0 spiro atoms. The van der Waals surface area contributed by atoms with Gasteiger partial charge in [0.15, 0.2) is 16.3 Å². The van der Waals surface area contributed by atoms with E-state index in [4.69, 9.17) is 15.9 Å². The van der Waals surface area contributed by atoms with Gasteiger partial charge in [0.25, 0.3) is 5.91 Å². The highest BCUT2D eigenvalue weighted by Crippen LogP contribution is 2.32. The van der Waals surface area contributed by atoms with Gasteiger partial charge in [-0.3, -0.25) is 4.79 Å². The fraction of sp³-hybridized carbons (Fsp3) is 0.238. The lowest BCUT2D eigenvalue weighted by molar-refractivity contribution is -0.117. The summed E-state index contributed by atoms with van der Waals surface area (Å²) in [5, 5.41) is 0. The molecule has 2 heterocycles. The zero-order valence-electron chi connectivity index (χ0n) is 14.9. The number of hydrogen-bond acceptors (Lipinski definition) is 4. The van der Waals surface area contributed by atoms with Crippen molar-refractivity contribution in [3.63, 3.8) is 0 Å². The molecule has 27 heavy (non-hydrogen) atoms. The Bertz CT molecular complexity index is 1130. The van der Waals surface area contributed by atoms with Gasteiger partial charge >= 0.3 is 0 Å². The first-order valence-electron chi connectivity index (χ1n) is 8.69. The number of fused-ring (bicyclic) bond motifs is 2. The summed E-state index contributed by atoms with van der Waals surface area (Å²) >= 11 is 1.49. The lowest BCUT2D eigenvalue weighted by Gasteiger charge is -2.02.